The Balaban J connectivity index is 1.69. The first-order valence-electron chi connectivity index (χ1n) is 8.88. The number of piperazine rings is 1. The van der Waals surface area contributed by atoms with E-state index in [-0.39, 0.29) is 6.09 Å². The largest absolute Gasteiger partial charge is 0.450 e. The van der Waals surface area contributed by atoms with Crippen molar-refractivity contribution in [3.05, 3.63) is 34.5 Å². The molecular weight excluding hydrogens is 368 g/mol. The van der Waals surface area contributed by atoms with Crippen molar-refractivity contribution < 1.29 is 9.53 Å². The van der Waals surface area contributed by atoms with Gasteiger partial charge in [-0.15, -0.1) is 5.10 Å². The van der Waals surface area contributed by atoms with E-state index < -0.39 is 0 Å². The molecule has 0 aliphatic carbocycles. The van der Waals surface area contributed by atoms with E-state index >= 15 is 0 Å². The van der Waals surface area contributed by atoms with Gasteiger partial charge in [-0.25, -0.2) is 4.79 Å². The molecule has 2 aromatic rings. The maximum atomic E-state index is 11.8. The molecule has 1 amide bonds. The fourth-order valence-electron chi connectivity index (χ4n) is 2.99. The Bertz CT molecular complexity index is 800. The van der Waals surface area contributed by atoms with Crippen molar-refractivity contribution in [2.24, 2.45) is 0 Å². The fraction of sp³-hybridized carbons (Fsp3) is 0.444. The van der Waals surface area contributed by atoms with E-state index in [1.54, 1.807) is 18.0 Å². The van der Waals surface area contributed by atoms with Crippen molar-refractivity contribution in [2.75, 3.05) is 43.0 Å². The molecule has 1 aromatic heterocycles. The van der Waals surface area contributed by atoms with Gasteiger partial charge in [-0.3, -0.25) is 0 Å². The predicted molar refractivity (Wildman–Crippen MR) is 105 cm³/mol. The van der Waals surface area contributed by atoms with Crippen LogP contribution in [0.3, 0.4) is 0 Å². The number of aromatic nitrogens is 3. The van der Waals surface area contributed by atoms with Gasteiger partial charge in [-0.1, -0.05) is 17.7 Å². The Morgan fingerprint density at radius 2 is 2.00 bits per heavy atom. The summed E-state index contributed by atoms with van der Waals surface area (Å²) in [5.74, 6) is 1.09. The number of nitrogens with one attached hydrogen (secondary N) is 1. The lowest BCUT2D eigenvalue weighted by Crippen LogP contribution is -2.49. The third-order valence-electron chi connectivity index (χ3n) is 4.32. The van der Waals surface area contributed by atoms with Crippen molar-refractivity contribution in [2.45, 2.75) is 20.8 Å². The highest BCUT2D eigenvalue weighted by Gasteiger charge is 2.23. The highest BCUT2D eigenvalue weighted by Crippen LogP contribution is 2.29. The van der Waals surface area contributed by atoms with Crippen LogP contribution >= 0.6 is 11.6 Å². The molecule has 1 aliphatic rings. The lowest BCUT2D eigenvalue weighted by Gasteiger charge is -2.33. The molecule has 1 aromatic carbocycles. The number of hydrogen-bond donors (Lipinski definition) is 1. The second-order valence-electron chi connectivity index (χ2n) is 6.38. The van der Waals surface area contributed by atoms with Gasteiger partial charge in [0.05, 0.1) is 23.5 Å². The highest BCUT2D eigenvalue weighted by atomic mass is 35.5. The molecule has 8 nitrogen and oxygen atoms in total. The molecule has 1 aliphatic heterocycles. The van der Waals surface area contributed by atoms with Crippen molar-refractivity contribution >= 4 is 35.1 Å². The SMILES string of the molecule is CCOC(=O)N1CCN(c2nncc(Nc3c(C)cc(C)cc3Cl)n2)CC1. The van der Waals surface area contributed by atoms with Gasteiger partial charge in [0.1, 0.15) is 0 Å². The van der Waals surface area contributed by atoms with E-state index in [9.17, 15) is 4.79 Å². The van der Waals surface area contributed by atoms with Gasteiger partial charge in [0.25, 0.3) is 0 Å². The van der Waals surface area contributed by atoms with E-state index in [4.69, 9.17) is 16.3 Å². The van der Waals surface area contributed by atoms with E-state index in [0.29, 0.717) is 49.6 Å². The topological polar surface area (TPSA) is 83.5 Å². The summed E-state index contributed by atoms with van der Waals surface area (Å²) in [6.45, 7) is 8.53. The Labute approximate surface area is 163 Å². The van der Waals surface area contributed by atoms with Gasteiger partial charge in [-0.2, -0.15) is 10.1 Å². The molecule has 0 atom stereocenters. The number of benzene rings is 1. The minimum absolute atomic E-state index is 0.281. The smallest absolute Gasteiger partial charge is 0.409 e. The molecule has 2 heterocycles. The molecule has 0 spiro atoms. The summed E-state index contributed by atoms with van der Waals surface area (Å²) in [5, 5.41) is 12.0. The molecule has 27 heavy (non-hydrogen) atoms. The molecular formula is C18H23ClN6O2. The van der Waals surface area contributed by atoms with Crippen LogP contribution < -0.4 is 10.2 Å². The Kier molecular flexibility index (Phi) is 5.95. The van der Waals surface area contributed by atoms with Crippen LogP contribution in [-0.2, 0) is 4.74 Å². The molecule has 0 bridgehead atoms. The fourth-order valence-corrected chi connectivity index (χ4v) is 3.36. The molecule has 1 N–H and O–H groups in total. The van der Waals surface area contributed by atoms with Gasteiger partial charge in [0, 0.05) is 26.2 Å². The van der Waals surface area contributed by atoms with E-state index in [2.05, 4.69) is 26.6 Å². The lowest BCUT2D eigenvalue weighted by molar-refractivity contribution is 0.105. The van der Waals surface area contributed by atoms with Gasteiger partial charge in [0.2, 0.25) is 5.95 Å². The van der Waals surface area contributed by atoms with Gasteiger partial charge < -0.3 is 19.9 Å². The van der Waals surface area contributed by atoms with Crippen LogP contribution in [0.25, 0.3) is 0 Å². The zero-order valence-corrected chi connectivity index (χ0v) is 16.5. The standard InChI is InChI=1S/C18H23ClN6O2/c1-4-27-18(26)25-7-5-24(6-8-25)17-22-15(11-20-23-17)21-16-13(3)9-12(2)10-14(16)19/h9-11H,4-8H2,1-3H3,(H,21,22,23). The number of carbonyl (C=O) groups is 1. The molecule has 3 rings (SSSR count). The number of amides is 1. The minimum atomic E-state index is -0.281. The average Bonchev–Trinajstić information content (AvgIpc) is 2.65. The van der Waals surface area contributed by atoms with Crippen molar-refractivity contribution in [1.29, 1.82) is 0 Å². The van der Waals surface area contributed by atoms with E-state index in [1.807, 2.05) is 24.8 Å². The second kappa shape index (κ2) is 8.39. The van der Waals surface area contributed by atoms with Crippen molar-refractivity contribution in [3.63, 3.8) is 0 Å². The maximum Gasteiger partial charge on any atom is 0.409 e. The van der Waals surface area contributed by atoms with Crippen LogP contribution in [0.15, 0.2) is 18.3 Å². The van der Waals surface area contributed by atoms with Crippen LogP contribution in [0.2, 0.25) is 5.02 Å². The first-order valence-corrected chi connectivity index (χ1v) is 9.26. The van der Waals surface area contributed by atoms with Crippen LogP contribution in [0, 0.1) is 13.8 Å². The number of ether oxygens (including phenoxy) is 1. The normalized spacial score (nSPS) is 14.2. The first-order chi connectivity index (χ1) is 13.0. The Morgan fingerprint density at radius 1 is 1.26 bits per heavy atom. The second-order valence-corrected chi connectivity index (χ2v) is 6.79. The quantitative estimate of drug-likeness (QED) is 0.858. The van der Waals surface area contributed by atoms with Gasteiger partial charge >= 0.3 is 6.09 Å². The summed E-state index contributed by atoms with van der Waals surface area (Å²) in [6.07, 6.45) is 1.28. The number of carbonyl (C=O) groups excluding carboxylic acids is 1. The van der Waals surface area contributed by atoms with Crippen LogP contribution in [0.4, 0.5) is 22.2 Å². The first kappa shape index (κ1) is 19.2. The van der Waals surface area contributed by atoms with Crippen molar-refractivity contribution in [1.82, 2.24) is 20.1 Å². The molecule has 0 radical (unpaired) electrons. The van der Waals surface area contributed by atoms with E-state index in [0.717, 1.165) is 16.8 Å². The van der Waals surface area contributed by atoms with Crippen LogP contribution in [0.5, 0.6) is 0 Å². The summed E-state index contributed by atoms with van der Waals surface area (Å²) in [7, 11) is 0. The summed E-state index contributed by atoms with van der Waals surface area (Å²) in [4.78, 5) is 20.0. The Hall–Kier alpha value is -2.61. The summed E-state index contributed by atoms with van der Waals surface area (Å²) in [5.41, 5.74) is 2.94. The lowest BCUT2D eigenvalue weighted by atomic mass is 10.1. The summed E-state index contributed by atoms with van der Waals surface area (Å²) in [6, 6.07) is 3.96. The number of aryl methyl sites for hydroxylation is 2. The van der Waals surface area contributed by atoms with Gasteiger partial charge in [0.15, 0.2) is 5.82 Å². The maximum absolute atomic E-state index is 11.8. The highest BCUT2D eigenvalue weighted by molar-refractivity contribution is 6.33. The number of halogens is 1. The average molecular weight is 391 g/mol. The minimum Gasteiger partial charge on any atom is -0.450 e. The van der Waals surface area contributed by atoms with Crippen molar-refractivity contribution in [3.8, 4) is 0 Å². The molecule has 1 fully saturated rings. The predicted octanol–water partition coefficient (Wildman–Crippen LogP) is 3.16. The molecule has 9 heteroatoms. The van der Waals surface area contributed by atoms with E-state index in [1.165, 1.54) is 0 Å². The summed E-state index contributed by atoms with van der Waals surface area (Å²) < 4.78 is 5.04. The molecule has 0 saturated carbocycles. The third-order valence-corrected chi connectivity index (χ3v) is 4.62. The number of nitrogens with zero attached hydrogens (tertiary/aromatic N) is 5. The zero-order valence-electron chi connectivity index (χ0n) is 15.7. The van der Waals surface area contributed by atoms with Crippen LogP contribution in [0.1, 0.15) is 18.1 Å². The molecule has 144 valence electrons. The van der Waals surface area contributed by atoms with Crippen LogP contribution in [-0.4, -0.2) is 59.0 Å². The number of hydrogen-bond acceptors (Lipinski definition) is 7. The number of rotatable bonds is 4. The monoisotopic (exact) mass is 390 g/mol. The molecule has 1 saturated heterocycles. The summed E-state index contributed by atoms with van der Waals surface area (Å²) >= 11 is 6.36. The zero-order chi connectivity index (χ0) is 19.4. The number of anilines is 3. The van der Waals surface area contributed by atoms with Gasteiger partial charge in [-0.05, 0) is 38.0 Å². The Morgan fingerprint density at radius 3 is 2.67 bits per heavy atom. The molecule has 0 unspecified atom stereocenters. The third kappa shape index (κ3) is 4.57.